The van der Waals surface area contributed by atoms with E-state index in [2.05, 4.69) is 6.92 Å². The quantitative estimate of drug-likeness (QED) is 0.866. The van der Waals surface area contributed by atoms with Crippen molar-refractivity contribution in [3.63, 3.8) is 0 Å². The minimum absolute atomic E-state index is 0.168. The number of methoxy groups -OCH3 is 3. The summed E-state index contributed by atoms with van der Waals surface area (Å²) < 4.78 is 16.0. The van der Waals surface area contributed by atoms with Crippen LogP contribution in [0.15, 0.2) is 6.07 Å². The van der Waals surface area contributed by atoms with Crippen LogP contribution < -0.4 is 19.9 Å². The Hall–Kier alpha value is -1.13. The Bertz CT molecular complexity index is 410. The molecule has 18 heavy (non-hydrogen) atoms. The minimum atomic E-state index is 0.168. The highest BCUT2D eigenvalue weighted by molar-refractivity contribution is 6.33. The molecule has 5 heteroatoms. The highest BCUT2D eigenvalue weighted by Gasteiger charge is 2.22. The van der Waals surface area contributed by atoms with Gasteiger partial charge >= 0.3 is 0 Å². The molecular weight excluding hydrogens is 254 g/mol. The molecule has 0 fully saturated rings. The largest absolute Gasteiger partial charge is 0.495 e. The molecule has 1 unspecified atom stereocenters. The number of hydrogen-bond acceptors (Lipinski definition) is 4. The van der Waals surface area contributed by atoms with Gasteiger partial charge in [-0.25, -0.2) is 0 Å². The van der Waals surface area contributed by atoms with E-state index in [4.69, 9.17) is 31.5 Å². The molecule has 0 bridgehead atoms. The molecule has 0 aliphatic carbocycles. The molecule has 0 aromatic heterocycles. The van der Waals surface area contributed by atoms with E-state index in [1.807, 2.05) is 0 Å². The van der Waals surface area contributed by atoms with Crippen molar-refractivity contribution in [1.82, 2.24) is 0 Å². The standard InChI is InChI=1S/C13H20ClNO3/c1-8(5-6-15)11-12(14)9(16-2)7-10(17-3)13(11)18-4/h7-8H,5-6,15H2,1-4H3. The Labute approximate surface area is 113 Å². The van der Waals surface area contributed by atoms with Crippen LogP contribution in [0.2, 0.25) is 5.02 Å². The summed E-state index contributed by atoms with van der Waals surface area (Å²) in [5.74, 6) is 2.00. The Morgan fingerprint density at radius 1 is 1.17 bits per heavy atom. The highest BCUT2D eigenvalue weighted by Crippen LogP contribution is 2.46. The number of rotatable bonds is 6. The third-order valence-corrected chi connectivity index (χ3v) is 3.31. The molecule has 2 N–H and O–H groups in total. The molecule has 1 aromatic rings. The van der Waals surface area contributed by atoms with Gasteiger partial charge in [0.15, 0.2) is 11.5 Å². The summed E-state index contributed by atoms with van der Waals surface area (Å²) >= 11 is 6.35. The first-order valence-electron chi connectivity index (χ1n) is 5.79. The summed E-state index contributed by atoms with van der Waals surface area (Å²) in [7, 11) is 4.76. The second-order valence-electron chi connectivity index (χ2n) is 4.02. The molecule has 1 aromatic carbocycles. The lowest BCUT2D eigenvalue weighted by Crippen LogP contribution is -2.08. The zero-order chi connectivity index (χ0) is 13.7. The zero-order valence-electron chi connectivity index (χ0n) is 11.2. The SMILES string of the molecule is COc1cc(OC)c(OC)c(C(C)CCN)c1Cl. The smallest absolute Gasteiger partial charge is 0.165 e. The summed E-state index contributed by atoms with van der Waals surface area (Å²) in [6.07, 6.45) is 0.812. The first kappa shape index (κ1) is 14.9. The van der Waals surface area contributed by atoms with Crippen molar-refractivity contribution in [2.45, 2.75) is 19.3 Å². The lowest BCUT2D eigenvalue weighted by Gasteiger charge is -2.20. The highest BCUT2D eigenvalue weighted by atomic mass is 35.5. The average Bonchev–Trinajstić information content (AvgIpc) is 2.38. The lowest BCUT2D eigenvalue weighted by molar-refractivity contribution is 0.343. The summed E-state index contributed by atoms with van der Waals surface area (Å²) in [4.78, 5) is 0. The van der Waals surface area contributed by atoms with E-state index < -0.39 is 0 Å². The van der Waals surface area contributed by atoms with Crippen LogP contribution in [0.25, 0.3) is 0 Å². The number of halogens is 1. The van der Waals surface area contributed by atoms with Crippen LogP contribution in [0.3, 0.4) is 0 Å². The van der Waals surface area contributed by atoms with Gasteiger partial charge in [0.1, 0.15) is 5.75 Å². The summed E-state index contributed by atoms with van der Waals surface area (Å²) in [6.45, 7) is 2.63. The van der Waals surface area contributed by atoms with Gasteiger partial charge in [0.05, 0.1) is 26.4 Å². The first-order valence-corrected chi connectivity index (χ1v) is 6.16. The Kier molecular flexibility index (Phi) is 5.56. The van der Waals surface area contributed by atoms with Gasteiger partial charge in [-0.3, -0.25) is 0 Å². The van der Waals surface area contributed by atoms with E-state index >= 15 is 0 Å². The molecule has 0 radical (unpaired) electrons. The van der Waals surface area contributed by atoms with Crippen LogP contribution >= 0.6 is 11.6 Å². The molecule has 0 aliphatic rings. The second kappa shape index (κ2) is 6.71. The van der Waals surface area contributed by atoms with Crippen LogP contribution in [0.4, 0.5) is 0 Å². The molecule has 0 saturated carbocycles. The number of nitrogens with two attached hydrogens (primary N) is 1. The average molecular weight is 274 g/mol. The third-order valence-electron chi connectivity index (χ3n) is 2.92. The predicted molar refractivity (Wildman–Crippen MR) is 73.2 cm³/mol. The van der Waals surface area contributed by atoms with Crippen LogP contribution in [0, 0.1) is 0 Å². The molecule has 102 valence electrons. The van der Waals surface area contributed by atoms with Gasteiger partial charge in [0, 0.05) is 11.6 Å². The topological polar surface area (TPSA) is 53.7 Å². The van der Waals surface area contributed by atoms with Crippen molar-refractivity contribution in [2.75, 3.05) is 27.9 Å². The van der Waals surface area contributed by atoms with Crippen molar-refractivity contribution in [3.05, 3.63) is 16.7 Å². The summed E-state index contributed by atoms with van der Waals surface area (Å²) in [5, 5.41) is 0.552. The molecule has 1 rings (SSSR count). The van der Waals surface area contributed by atoms with Crippen molar-refractivity contribution in [3.8, 4) is 17.2 Å². The van der Waals surface area contributed by atoms with Crippen molar-refractivity contribution in [2.24, 2.45) is 5.73 Å². The lowest BCUT2D eigenvalue weighted by atomic mass is 9.96. The van der Waals surface area contributed by atoms with Crippen molar-refractivity contribution < 1.29 is 14.2 Å². The molecule has 0 heterocycles. The van der Waals surface area contributed by atoms with E-state index in [-0.39, 0.29) is 5.92 Å². The zero-order valence-corrected chi connectivity index (χ0v) is 12.0. The molecule has 1 atom stereocenters. The van der Waals surface area contributed by atoms with Gasteiger partial charge in [-0.2, -0.15) is 0 Å². The van der Waals surface area contributed by atoms with Gasteiger partial charge in [-0.15, -0.1) is 0 Å². The van der Waals surface area contributed by atoms with Crippen molar-refractivity contribution >= 4 is 11.6 Å². The Morgan fingerprint density at radius 2 is 1.78 bits per heavy atom. The van der Waals surface area contributed by atoms with E-state index in [0.717, 1.165) is 12.0 Å². The molecule has 0 spiro atoms. The molecule has 0 amide bonds. The van der Waals surface area contributed by atoms with Crippen LogP contribution in [-0.2, 0) is 0 Å². The van der Waals surface area contributed by atoms with E-state index in [1.165, 1.54) is 0 Å². The third kappa shape index (κ3) is 2.82. The second-order valence-corrected chi connectivity index (χ2v) is 4.40. The van der Waals surface area contributed by atoms with Crippen LogP contribution in [0.1, 0.15) is 24.8 Å². The number of ether oxygens (including phenoxy) is 3. The first-order chi connectivity index (χ1) is 8.60. The maximum Gasteiger partial charge on any atom is 0.165 e. The number of benzene rings is 1. The van der Waals surface area contributed by atoms with E-state index in [0.29, 0.717) is 28.8 Å². The summed E-state index contributed by atoms with van der Waals surface area (Å²) in [6, 6.07) is 1.72. The fourth-order valence-corrected chi connectivity index (χ4v) is 2.36. The predicted octanol–water partition coefficient (Wildman–Crippen LogP) is 2.82. The molecule has 0 saturated heterocycles. The Balaban J connectivity index is 3.42. The van der Waals surface area contributed by atoms with E-state index in [1.54, 1.807) is 27.4 Å². The Morgan fingerprint density at radius 3 is 2.22 bits per heavy atom. The van der Waals surface area contributed by atoms with Crippen molar-refractivity contribution in [1.29, 1.82) is 0 Å². The molecule has 4 nitrogen and oxygen atoms in total. The van der Waals surface area contributed by atoms with E-state index in [9.17, 15) is 0 Å². The number of hydrogen-bond donors (Lipinski definition) is 1. The van der Waals surface area contributed by atoms with Gasteiger partial charge in [-0.1, -0.05) is 18.5 Å². The van der Waals surface area contributed by atoms with Gasteiger partial charge in [0.25, 0.3) is 0 Å². The summed E-state index contributed by atoms with van der Waals surface area (Å²) in [5.41, 5.74) is 6.48. The van der Waals surface area contributed by atoms with Gasteiger partial charge in [-0.05, 0) is 18.9 Å². The molecule has 0 aliphatic heterocycles. The van der Waals surface area contributed by atoms with Gasteiger partial charge in [0.2, 0.25) is 0 Å². The minimum Gasteiger partial charge on any atom is -0.495 e. The fourth-order valence-electron chi connectivity index (χ4n) is 1.96. The molecular formula is C13H20ClNO3. The monoisotopic (exact) mass is 273 g/mol. The fraction of sp³-hybridized carbons (Fsp3) is 0.538. The maximum atomic E-state index is 6.35. The maximum absolute atomic E-state index is 6.35. The van der Waals surface area contributed by atoms with Gasteiger partial charge < -0.3 is 19.9 Å². The normalized spacial score (nSPS) is 12.1. The van der Waals surface area contributed by atoms with Crippen LogP contribution in [0.5, 0.6) is 17.2 Å². The van der Waals surface area contributed by atoms with Crippen LogP contribution in [-0.4, -0.2) is 27.9 Å².